The molecule has 0 bridgehead atoms. The molecule has 2 fully saturated rings. The molecule has 4 rings (SSSR count). The lowest BCUT2D eigenvalue weighted by molar-refractivity contribution is -0.0906. The SMILES string of the molecule is CNc1cccc(S(=O)(=O)N(C[C@@H](O)[C@H](Cc2ccccc2)N(C(=O)O)[C@H]2CO[C@H]3OCC[C@H]32)CC(C)(C)CCC#N)c1. The summed E-state index contributed by atoms with van der Waals surface area (Å²) in [6.45, 7) is 4.02. The molecule has 12 heteroatoms. The number of nitrogens with one attached hydrogen (secondary N) is 1. The van der Waals surface area contributed by atoms with Gasteiger partial charge in [0.05, 0.1) is 42.4 Å². The number of sulfonamides is 1. The van der Waals surface area contributed by atoms with Crippen molar-refractivity contribution in [3.05, 3.63) is 60.2 Å². The van der Waals surface area contributed by atoms with Crippen LogP contribution in [0.4, 0.5) is 10.5 Å². The average molecular weight is 615 g/mol. The van der Waals surface area contributed by atoms with Crippen LogP contribution in [0.5, 0.6) is 0 Å². The fourth-order valence-corrected chi connectivity index (χ4v) is 7.72. The Labute approximate surface area is 254 Å². The third-order valence-electron chi connectivity index (χ3n) is 8.34. The van der Waals surface area contributed by atoms with Crippen LogP contribution in [0.2, 0.25) is 0 Å². The molecular weight excluding hydrogens is 572 g/mol. The third kappa shape index (κ3) is 7.85. The highest BCUT2D eigenvalue weighted by atomic mass is 32.2. The van der Waals surface area contributed by atoms with Crippen molar-refractivity contribution in [3.8, 4) is 6.07 Å². The molecule has 2 saturated heterocycles. The van der Waals surface area contributed by atoms with Gasteiger partial charge in [0.2, 0.25) is 10.0 Å². The van der Waals surface area contributed by atoms with E-state index < -0.39 is 46.0 Å². The lowest BCUT2D eigenvalue weighted by atomic mass is 9.87. The van der Waals surface area contributed by atoms with Crippen molar-refractivity contribution in [3.63, 3.8) is 0 Å². The van der Waals surface area contributed by atoms with Crippen molar-refractivity contribution in [2.75, 3.05) is 38.7 Å². The molecule has 2 aliphatic heterocycles. The molecule has 5 atom stereocenters. The summed E-state index contributed by atoms with van der Waals surface area (Å²) in [5.41, 5.74) is 0.818. The van der Waals surface area contributed by atoms with E-state index in [1.807, 2.05) is 44.2 Å². The summed E-state index contributed by atoms with van der Waals surface area (Å²) in [6.07, 6.45) is -1.61. The number of nitrogens with zero attached hydrogens (tertiary/aromatic N) is 3. The van der Waals surface area contributed by atoms with Gasteiger partial charge < -0.3 is 25.0 Å². The molecule has 0 saturated carbocycles. The second-order valence-electron chi connectivity index (χ2n) is 12.0. The summed E-state index contributed by atoms with van der Waals surface area (Å²) in [4.78, 5) is 14.2. The molecule has 11 nitrogen and oxygen atoms in total. The zero-order chi connectivity index (χ0) is 31.2. The molecule has 2 aromatic rings. The van der Waals surface area contributed by atoms with E-state index in [9.17, 15) is 28.7 Å². The van der Waals surface area contributed by atoms with Crippen LogP contribution in [-0.2, 0) is 25.9 Å². The molecule has 0 aliphatic carbocycles. The number of rotatable bonds is 14. The molecule has 234 valence electrons. The van der Waals surface area contributed by atoms with Gasteiger partial charge in [0, 0.05) is 38.2 Å². The highest BCUT2D eigenvalue weighted by Crippen LogP contribution is 2.36. The van der Waals surface area contributed by atoms with Gasteiger partial charge in [-0.1, -0.05) is 50.2 Å². The smallest absolute Gasteiger partial charge is 0.407 e. The van der Waals surface area contributed by atoms with E-state index in [2.05, 4.69) is 11.4 Å². The Balaban J connectivity index is 1.72. The minimum Gasteiger partial charge on any atom is -0.465 e. The van der Waals surface area contributed by atoms with Crippen LogP contribution in [0.15, 0.2) is 59.5 Å². The summed E-state index contributed by atoms with van der Waals surface area (Å²) in [7, 11) is -2.44. The fourth-order valence-electron chi connectivity index (χ4n) is 6.02. The molecule has 0 radical (unpaired) electrons. The first-order valence-corrected chi connectivity index (χ1v) is 16.0. The van der Waals surface area contributed by atoms with Crippen molar-refractivity contribution in [2.45, 2.75) is 68.9 Å². The monoisotopic (exact) mass is 614 g/mol. The highest BCUT2D eigenvalue weighted by molar-refractivity contribution is 7.89. The first-order valence-electron chi connectivity index (χ1n) is 14.6. The van der Waals surface area contributed by atoms with Crippen LogP contribution in [0.1, 0.15) is 38.7 Å². The number of carbonyl (C=O) groups is 1. The maximum absolute atomic E-state index is 14.1. The molecule has 2 heterocycles. The fraction of sp³-hybridized carbons (Fsp3) is 0.548. The molecular formula is C31H42N4O7S. The second-order valence-corrected chi connectivity index (χ2v) is 13.9. The average Bonchev–Trinajstić information content (AvgIpc) is 3.61. The highest BCUT2D eigenvalue weighted by Gasteiger charge is 2.49. The van der Waals surface area contributed by atoms with Crippen LogP contribution in [0, 0.1) is 22.7 Å². The van der Waals surface area contributed by atoms with Gasteiger partial charge in [0.15, 0.2) is 6.29 Å². The Morgan fingerprint density at radius 3 is 2.60 bits per heavy atom. The number of fused-ring (bicyclic) bond motifs is 1. The van der Waals surface area contributed by atoms with Gasteiger partial charge in [-0.25, -0.2) is 13.2 Å². The minimum atomic E-state index is -4.13. The maximum Gasteiger partial charge on any atom is 0.407 e. The molecule has 3 N–H and O–H groups in total. The Hall–Kier alpha value is -3.21. The van der Waals surface area contributed by atoms with E-state index in [1.165, 1.54) is 21.3 Å². The van der Waals surface area contributed by atoms with Crippen LogP contribution < -0.4 is 5.32 Å². The maximum atomic E-state index is 14.1. The summed E-state index contributed by atoms with van der Waals surface area (Å²) in [5.74, 6) is -0.185. The van der Waals surface area contributed by atoms with Gasteiger partial charge in [0.1, 0.15) is 0 Å². The largest absolute Gasteiger partial charge is 0.465 e. The van der Waals surface area contributed by atoms with Crippen molar-refractivity contribution in [1.82, 2.24) is 9.21 Å². The number of anilines is 1. The molecule has 43 heavy (non-hydrogen) atoms. The Bertz CT molecular complexity index is 1380. The summed E-state index contributed by atoms with van der Waals surface area (Å²) in [5, 5.41) is 34.6. The van der Waals surface area contributed by atoms with E-state index in [0.717, 1.165) is 5.56 Å². The van der Waals surface area contributed by atoms with Crippen LogP contribution in [0.25, 0.3) is 0 Å². The Morgan fingerprint density at radius 1 is 1.19 bits per heavy atom. The number of ether oxygens (including phenoxy) is 2. The number of benzene rings is 2. The van der Waals surface area contributed by atoms with Crippen molar-refractivity contribution >= 4 is 21.8 Å². The van der Waals surface area contributed by atoms with Gasteiger partial charge >= 0.3 is 6.09 Å². The zero-order valence-corrected chi connectivity index (χ0v) is 25.7. The van der Waals surface area contributed by atoms with E-state index in [1.54, 1.807) is 19.2 Å². The number of hydrogen-bond acceptors (Lipinski definition) is 8. The summed E-state index contributed by atoms with van der Waals surface area (Å²) >= 11 is 0. The Kier molecular flexibility index (Phi) is 10.7. The van der Waals surface area contributed by atoms with Gasteiger partial charge in [-0.3, -0.25) is 4.90 Å². The minimum absolute atomic E-state index is 0.0219. The number of hydrogen-bond donors (Lipinski definition) is 3. The number of aliphatic hydroxyl groups is 1. The lowest BCUT2D eigenvalue weighted by Crippen LogP contribution is -2.58. The molecule has 0 aromatic heterocycles. The standard InChI is InChI=1S/C31H42N4O7S/c1-31(2,14-8-15-32)21-34(43(39,40)24-12-7-11-23(18-24)33-3)19-28(36)26(17-22-9-5-4-6-10-22)35(30(37)38)27-20-42-29-25(27)13-16-41-29/h4-7,9-12,18,25-29,33,36H,8,13-14,16-17,19-21H2,1-3H3,(H,37,38)/t25-,26-,27-,28+,29+/m0/s1. The van der Waals surface area contributed by atoms with Crippen LogP contribution in [-0.4, -0.2) is 91.8 Å². The van der Waals surface area contributed by atoms with E-state index in [0.29, 0.717) is 25.1 Å². The van der Waals surface area contributed by atoms with Gasteiger partial charge in [-0.15, -0.1) is 0 Å². The number of aliphatic hydroxyl groups excluding tert-OH is 1. The van der Waals surface area contributed by atoms with E-state index in [-0.39, 0.29) is 43.4 Å². The predicted octanol–water partition coefficient (Wildman–Crippen LogP) is 3.76. The number of carboxylic acid groups (broad SMARTS) is 1. The Morgan fingerprint density at radius 2 is 1.93 bits per heavy atom. The van der Waals surface area contributed by atoms with Crippen LogP contribution in [0.3, 0.4) is 0 Å². The quantitative estimate of drug-likeness (QED) is 0.289. The van der Waals surface area contributed by atoms with Crippen LogP contribution >= 0.6 is 0 Å². The molecule has 1 amide bonds. The molecule has 0 unspecified atom stereocenters. The second kappa shape index (κ2) is 14.1. The summed E-state index contributed by atoms with van der Waals surface area (Å²) in [6, 6.07) is 16.3. The first kappa shape index (κ1) is 32.7. The van der Waals surface area contributed by atoms with Gasteiger partial charge in [-0.2, -0.15) is 9.57 Å². The van der Waals surface area contributed by atoms with E-state index in [4.69, 9.17) is 9.47 Å². The third-order valence-corrected chi connectivity index (χ3v) is 10.2. The molecule has 0 spiro atoms. The predicted molar refractivity (Wildman–Crippen MR) is 161 cm³/mol. The van der Waals surface area contributed by atoms with Crippen molar-refractivity contribution < 1.29 is 32.9 Å². The number of nitriles is 1. The number of amides is 1. The molecule has 2 aromatic carbocycles. The molecule has 2 aliphatic rings. The first-order chi connectivity index (χ1) is 20.5. The van der Waals surface area contributed by atoms with Crippen molar-refractivity contribution in [1.29, 1.82) is 5.26 Å². The summed E-state index contributed by atoms with van der Waals surface area (Å²) < 4.78 is 40.9. The van der Waals surface area contributed by atoms with E-state index >= 15 is 0 Å². The normalized spacial score (nSPS) is 21.6. The lowest BCUT2D eigenvalue weighted by Gasteiger charge is -2.40. The zero-order valence-electron chi connectivity index (χ0n) is 24.9. The van der Waals surface area contributed by atoms with Gasteiger partial charge in [-0.05, 0) is 48.4 Å². The topological polar surface area (TPSA) is 152 Å². The van der Waals surface area contributed by atoms with Gasteiger partial charge in [0.25, 0.3) is 0 Å². The van der Waals surface area contributed by atoms with Crippen molar-refractivity contribution in [2.24, 2.45) is 11.3 Å².